The van der Waals surface area contributed by atoms with Crippen LogP contribution < -0.4 is 0 Å². The molecule has 3 atom stereocenters. The number of benzene rings is 2. The van der Waals surface area contributed by atoms with Crippen LogP contribution in [0.5, 0.6) is 0 Å². The van der Waals surface area contributed by atoms with Gasteiger partial charge in [-0.15, -0.1) is 5.10 Å². The van der Waals surface area contributed by atoms with Crippen molar-refractivity contribution >= 4 is 20.9 Å². The lowest BCUT2D eigenvalue weighted by Crippen LogP contribution is -2.36. The highest BCUT2D eigenvalue weighted by Crippen LogP contribution is 2.65. The molecule has 1 saturated heterocycles. The van der Waals surface area contributed by atoms with Gasteiger partial charge in [0.15, 0.2) is 0 Å². The second-order valence-corrected chi connectivity index (χ2v) is 12.2. The summed E-state index contributed by atoms with van der Waals surface area (Å²) in [6, 6.07) is 10.5. The Balaban J connectivity index is 1.39. The fourth-order valence-corrected chi connectivity index (χ4v) is 7.39. The molecular weight excluding hydrogens is 495 g/mol. The van der Waals surface area contributed by atoms with E-state index in [2.05, 4.69) is 34.4 Å². The van der Waals surface area contributed by atoms with E-state index in [1.165, 1.54) is 23.1 Å². The summed E-state index contributed by atoms with van der Waals surface area (Å²) in [5, 5.41) is 13.5. The van der Waals surface area contributed by atoms with E-state index in [1.807, 2.05) is 13.8 Å². The topological polar surface area (TPSA) is 95.1 Å². The van der Waals surface area contributed by atoms with Crippen molar-refractivity contribution in [1.82, 2.24) is 29.1 Å². The number of fused-ring (bicyclic) bond motifs is 2. The van der Waals surface area contributed by atoms with Crippen LogP contribution in [0.1, 0.15) is 25.0 Å². The predicted molar refractivity (Wildman–Crippen MR) is 135 cm³/mol. The van der Waals surface area contributed by atoms with Gasteiger partial charge >= 0.3 is 0 Å². The van der Waals surface area contributed by atoms with Crippen LogP contribution in [-0.4, -0.2) is 63.3 Å². The zero-order chi connectivity index (χ0) is 26.1. The van der Waals surface area contributed by atoms with E-state index in [0.29, 0.717) is 19.7 Å². The lowest BCUT2D eigenvalue weighted by molar-refractivity contribution is 0.0615. The number of ether oxygens (including phenoxy) is 1. The van der Waals surface area contributed by atoms with Crippen LogP contribution in [0.2, 0.25) is 0 Å². The SMILES string of the molecule is Cc1cc2c(cnn2-c2ccc(F)cc2)cc1[C@]12CN(S(=O)(=O)c3cnn(C)n3)C[C@H]1[C@@H]2COC(C)C. The number of sulfonamides is 1. The van der Waals surface area contributed by atoms with E-state index in [1.54, 1.807) is 34.4 Å². The standard InChI is InChI=1S/C26H29FN6O3S/c1-16(2)36-14-23-22-13-32(37(34,35)25-12-28-31(4)30-25)15-26(22,23)21-10-18-11-29-33(24(18)9-17(21)3)20-7-5-19(27)6-8-20/h5-12,16,22-23H,13-15H2,1-4H3/t22-,23-,26+/m0/s1. The first-order valence-corrected chi connectivity index (χ1v) is 13.8. The number of hydrogen-bond acceptors (Lipinski definition) is 6. The summed E-state index contributed by atoms with van der Waals surface area (Å²) in [7, 11) is -2.16. The van der Waals surface area contributed by atoms with Gasteiger partial charge in [-0.1, -0.05) is 0 Å². The predicted octanol–water partition coefficient (Wildman–Crippen LogP) is 3.21. The summed E-state index contributed by atoms with van der Waals surface area (Å²) in [6.07, 6.45) is 3.19. The average molecular weight is 525 g/mol. The lowest BCUT2D eigenvalue weighted by Gasteiger charge is -2.24. The second-order valence-electron chi connectivity index (χ2n) is 10.4. The fourth-order valence-electron chi connectivity index (χ4n) is 5.98. The molecular formula is C26H29FN6O3S. The van der Waals surface area contributed by atoms with Crippen molar-refractivity contribution in [3.63, 3.8) is 0 Å². The van der Waals surface area contributed by atoms with Crippen molar-refractivity contribution in [3.8, 4) is 5.69 Å². The van der Waals surface area contributed by atoms with Crippen LogP contribution in [0.4, 0.5) is 4.39 Å². The van der Waals surface area contributed by atoms with Crippen LogP contribution in [-0.2, 0) is 27.2 Å². The summed E-state index contributed by atoms with van der Waals surface area (Å²) in [4.78, 5) is 1.26. The molecule has 3 heterocycles. The maximum atomic E-state index is 13.5. The van der Waals surface area contributed by atoms with Crippen molar-refractivity contribution in [2.75, 3.05) is 19.7 Å². The molecule has 1 aliphatic heterocycles. The molecule has 0 radical (unpaired) electrons. The minimum atomic E-state index is -3.76. The molecule has 2 fully saturated rings. The highest BCUT2D eigenvalue weighted by molar-refractivity contribution is 7.89. The minimum Gasteiger partial charge on any atom is -0.378 e. The molecule has 2 aliphatic rings. The second kappa shape index (κ2) is 8.44. The monoisotopic (exact) mass is 524 g/mol. The Morgan fingerprint density at radius 3 is 2.59 bits per heavy atom. The van der Waals surface area contributed by atoms with Crippen LogP contribution in [0.25, 0.3) is 16.6 Å². The molecule has 1 saturated carbocycles. The Morgan fingerprint density at radius 2 is 1.92 bits per heavy atom. The van der Waals surface area contributed by atoms with Gasteiger partial charge in [0.1, 0.15) is 5.82 Å². The van der Waals surface area contributed by atoms with Crippen LogP contribution in [0.3, 0.4) is 0 Å². The first kappa shape index (κ1) is 24.2. The zero-order valence-electron chi connectivity index (χ0n) is 21.2. The largest absolute Gasteiger partial charge is 0.378 e. The van der Waals surface area contributed by atoms with Gasteiger partial charge in [0.2, 0.25) is 5.03 Å². The van der Waals surface area contributed by atoms with E-state index < -0.39 is 10.0 Å². The van der Waals surface area contributed by atoms with E-state index in [4.69, 9.17) is 4.74 Å². The molecule has 2 aromatic heterocycles. The first-order valence-electron chi connectivity index (χ1n) is 12.3. The van der Waals surface area contributed by atoms with E-state index in [-0.39, 0.29) is 34.2 Å². The maximum Gasteiger partial charge on any atom is 0.264 e. The number of aromatic nitrogens is 5. The molecule has 1 aliphatic carbocycles. The molecule has 37 heavy (non-hydrogen) atoms. The van der Waals surface area contributed by atoms with Gasteiger partial charge in [0.05, 0.1) is 36.3 Å². The Hall–Kier alpha value is -3.15. The minimum absolute atomic E-state index is 0.0332. The van der Waals surface area contributed by atoms with Gasteiger partial charge in [-0.3, -0.25) is 0 Å². The first-order chi connectivity index (χ1) is 17.6. The number of hydrogen-bond donors (Lipinski definition) is 0. The number of aryl methyl sites for hydroxylation is 2. The third kappa shape index (κ3) is 3.79. The summed E-state index contributed by atoms with van der Waals surface area (Å²) in [5.41, 5.74) is 3.53. The number of rotatable bonds is 7. The quantitative estimate of drug-likeness (QED) is 0.369. The lowest BCUT2D eigenvalue weighted by atomic mass is 9.88. The van der Waals surface area contributed by atoms with E-state index in [0.717, 1.165) is 27.7 Å². The average Bonchev–Trinajstić information content (AvgIpc) is 3.31. The normalized spacial score (nSPS) is 23.7. The highest BCUT2D eigenvalue weighted by Gasteiger charge is 2.71. The van der Waals surface area contributed by atoms with Crippen LogP contribution in [0, 0.1) is 24.6 Å². The van der Waals surface area contributed by atoms with Gasteiger partial charge in [0, 0.05) is 30.9 Å². The smallest absolute Gasteiger partial charge is 0.264 e. The van der Waals surface area contributed by atoms with E-state index >= 15 is 0 Å². The van der Waals surface area contributed by atoms with Gasteiger partial charge in [-0.25, -0.2) is 17.5 Å². The summed E-state index contributed by atoms with van der Waals surface area (Å²) in [6.45, 7) is 7.43. The van der Waals surface area contributed by atoms with Crippen molar-refractivity contribution in [3.05, 3.63) is 65.7 Å². The number of piperidine rings is 1. The van der Waals surface area contributed by atoms with Crippen molar-refractivity contribution in [1.29, 1.82) is 0 Å². The highest BCUT2D eigenvalue weighted by atomic mass is 32.2. The van der Waals surface area contributed by atoms with Gasteiger partial charge in [0.25, 0.3) is 10.0 Å². The molecule has 11 heteroatoms. The summed E-state index contributed by atoms with van der Waals surface area (Å²) >= 11 is 0. The zero-order valence-corrected chi connectivity index (χ0v) is 22.0. The Kier molecular flexibility index (Phi) is 5.52. The molecule has 0 unspecified atom stereocenters. The van der Waals surface area contributed by atoms with Gasteiger partial charge in [-0.2, -0.15) is 19.3 Å². The van der Waals surface area contributed by atoms with Crippen molar-refractivity contribution < 1.29 is 17.5 Å². The van der Waals surface area contributed by atoms with E-state index in [9.17, 15) is 12.8 Å². The summed E-state index contributed by atoms with van der Waals surface area (Å²) < 4.78 is 49.6. The molecule has 194 valence electrons. The molecule has 6 rings (SSSR count). The van der Waals surface area contributed by atoms with Crippen LogP contribution >= 0.6 is 0 Å². The molecule has 2 aromatic carbocycles. The molecule has 4 aromatic rings. The Morgan fingerprint density at radius 1 is 1.16 bits per heavy atom. The van der Waals surface area contributed by atoms with Gasteiger partial charge in [-0.05, 0) is 80.1 Å². The molecule has 9 nitrogen and oxygen atoms in total. The van der Waals surface area contributed by atoms with Crippen LogP contribution in [0.15, 0.2) is 53.8 Å². The third-order valence-electron chi connectivity index (χ3n) is 7.82. The molecule has 0 spiro atoms. The maximum absolute atomic E-state index is 13.5. The number of halogens is 1. The number of nitrogens with zero attached hydrogens (tertiary/aromatic N) is 6. The molecule has 0 amide bonds. The van der Waals surface area contributed by atoms with Crippen molar-refractivity contribution in [2.24, 2.45) is 18.9 Å². The van der Waals surface area contributed by atoms with Gasteiger partial charge < -0.3 is 4.74 Å². The fraction of sp³-hybridized carbons (Fsp3) is 0.423. The third-order valence-corrected chi connectivity index (χ3v) is 9.49. The molecule has 0 bridgehead atoms. The van der Waals surface area contributed by atoms with Crippen molar-refractivity contribution in [2.45, 2.75) is 37.3 Å². The Labute approximate surface area is 214 Å². The molecule has 0 N–H and O–H groups in total. The Bertz CT molecular complexity index is 1600. The summed E-state index contributed by atoms with van der Waals surface area (Å²) in [5.74, 6) is 0.0573.